The van der Waals surface area contributed by atoms with Gasteiger partial charge >= 0.3 is 0 Å². The first-order chi connectivity index (χ1) is 12.5. The summed E-state index contributed by atoms with van der Waals surface area (Å²) in [4.78, 5) is 19.7. The third-order valence-corrected chi connectivity index (χ3v) is 5.55. The molecule has 2 heterocycles. The van der Waals surface area contributed by atoms with Gasteiger partial charge in [0.05, 0.1) is 31.1 Å². The quantitative estimate of drug-likeness (QED) is 0.841. The molecule has 0 saturated carbocycles. The molecule has 0 spiro atoms. The Morgan fingerprint density at radius 1 is 1.46 bits per heavy atom. The molecule has 1 amide bonds. The molecule has 1 N–H and O–H groups in total. The number of nitrogens with zero attached hydrogens (tertiary/aromatic N) is 2. The normalized spacial score (nSPS) is 20.2. The maximum Gasteiger partial charge on any atom is 0.266 e. The lowest BCUT2D eigenvalue weighted by molar-refractivity contribution is -0.0666. The van der Waals surface area contributed by atoms with Crippen molar-refractivity contribution in [1.82, 2.24) is 9.88 Å². The molecule has 6 nitrogen and oxygen atoms in total. The van der Waals surface area contributed by atoms with Crippen molar-refractivity contribution in [1.29, 1.82) is 0 Å². The van der Waals surface area contributed by atoms with E-state index in [9.17, 15) is 9.90 Å². The Bertz CT molecular complexity index is 765. The number of ether oxygens (including phenoxy) is 2. The molecule has 2 aromatic rings. The first-order valence-corrected chi connectivity index (χ1v) is 9.55. The molecular weight excluding hydrogens is 376 g/mol. The predicted octanol–water partition coefficient (Wildman–Crippen LogP) is 2.91. The van der Waals surface area contributed by atoms with Gasteiger partial charge in [0.15, 0.2) is 0 Å². The third kappa shape index (κ3) is 4.35. The zero-order valence-corrected chi connectivity index (χ0v) is 16.2. The molecule has 0 bridgehead atoms. The van der Waals surface area contributed by atoms with E-state index in [1.165, 1.54) is 11.3 Å². The van der Waals surface area contributed by atoms with Crippen molar-refractivity contribution in [2.24, 2.45) is 0 Å². The molecule has 140 valence electrons. The number of aromatic nitrogens is 1. The number of rotatable bonds is 5. The van der Waals surface area contributed by atoms with E-state index < -0.39 is 0 Å². The number of hydrogen-bond donors (Lipinski definition) is 1. The standard InChI is InChI=1S/C18H21ClN2O4S/c1-11-9-24-15(8-22)7-21(11)18(23)17-12(2)20-16(26-17)10-25-14-5-3-13(19)4-6-14/h3-6,11,15,22H,7-10H2,1-2H3/t11-,15+/m1/s1. The second-order valence-electron chi connectivity index (χ2n) is 6.21. The SMILES string of the molecule is Cc1nc(COc2ccc(Cl)cc2)sc1C(=O)N1C[C@@H](CO)OC[C@H]1C. The van der Waals surface area contributed by atoms with Crippen LogP contribution in [0.1, 0.15) is 27.3 Å². The Hall–Kier alpha value is -1.67. The summed E-state index contributed by atoms with van der Waals surface area (Å²) in [6.07, 6.45) is -0.337. The van der Waals surface area contributed by atoms with Crippen LogP contribution >= 0.6 is 22.9 Å². The molecule has 1 aromatic carbocycles. The number of carbonyl (C=O) groups is 1. The molecule has 0 radical (unpaired) electrons. The fraction of sp³-hybridized carbons (Fsp3) is 0.444. The number of aliphatic hydroxyl groups is 1. The number of amides is 1. The van der Waals surface area contributed by atoms with E-state index in [2.05, 4.69) is 4.98 Å². The Kier molecular flexibility index (Phi) is 6.13. The number of morpholine rings is 1. The molecule has 0 aliphatic carbocycles. The zero-order valence-electron chi connectivity index (χ0n) is 14.6. The highest BCUT2D eigenvalue weighted by Gasteiger charge is 2.31. The minimum absolute atomic E-state index is 0.0411. The molecule has 3 rings (SSSR count). The lowest BCUT2D eigenvalue weighted by Gasteiger charge is -2.37. The maximum absolute atomic E-state index is 12.9. The second-order valence-corrected chi connectivity index (χ2v) is 7.73. The Morgan fingerprint density at radius 3 is 2.88 bits per heavy atom. The second kappa shape index (κ2) is 8.35. The van der Waals surface area contributed by atoms with Gasteiger partial charge in [-0.3, -0.25) is 4.79 Å². The highest BCUT2D eigenvalue weighted by Crippen LogP contribution is 2.24. The predicted molar refractivity (Wildman–Crippen MR) is 100.0 cm³/mol. The van der Waals surface area contributed by atoms with Crippen molar-refractivity contribution in [2.45, 2.75) is 32.6 Å². The van der Waals surface area contributed by atoms with Crippen LogP contribution in [0.3, 0.4) is 0 Å². The summed E-state index contributed by atoms with van der Waals surface area (Å²) in [7, 11) is 0. The summed E-state index contributed by atoms with van der Waals surface area (Å²) in [5.74, 6) is 0.620. The largest absolute Gasteiger partial charge is 0.486 e. The van der Waals surface area contributed by atoms with Crippen LogP contribution in [-0.2, 0) is 11.3 Å². The van der Waals surface area contributed by atoms with Crippen LogP contribution < -0.4 is 4.74 Å². The minimum Gasteiger partial charge on any atom is -0.486 e. The average Bonchev–Trinajstić information content (AvgIpc) is 3.02. The van der Waals surface area contributed by atoms with Crippen molar-refractivity contribution >= 4 is 28.8 Å². The summed E-state index contributed by atoms with van der Waals surface area (Å²) in [5, 5.41) is 10.7. The van der Waals surface area contributed by atoms with Gasteiger partial charge in [0, 0.05) is 11.6 Å². The van der Waals surface area contributed by atoms with Crippen molar-refractivity contribution in [3.8, 4) is 5.75 Å². The van der Waals surface area contributed by atoms with E-state index in [1.807, 2.05) is 13.8 Å². The van der Waals surface area contributed by atoms with Gasteiger partial charge in [0.1, 0.15) is 22.2 Å². The van der Waals surface area contributed by atoms with Crippen LogP contribution in [0.2, 0.25) is 5.02 Å². The van der Waals surface area contributed by atoms with Crippen LogP contribution in [0.5, 0.6) is 5.75 Å². The fourth-order valence-corrected chi connectivity index (χ4v) is 3.79. The van der Waals surface area contributed by atoms with E-state index in [-0.39, 0.29) is 24.7 Å². The molecule has 1 aromatic heterocycles. The minimum atomic E-state index is -0.337. The van der Waals surface area contributed by atoms with Gasteiger partial charge in [-0.1, -0.05) is 11.6 Å². The van der Waals surface area contributed by atoms with E-state index >= 15 is 0 Å². The molecule has 8 heteroatoms. The van der Waals surface area contributed by atoms with Gasteiger partial charge < -0.3 is 19.5 Å². The van der Waals surface area contributed by atoms with E-state index in [4.69, 9.17) is 21.1 Å². The van der Waals surface area contributed by atoms with Gasteiger partial charge in [-0.15, -0.1) is 11.3 Å². The van der Waals surface area contributed by atoms with Gasteiger partial charge in [0.25, 0.3) is 5.91 Å². The topological polar surface area (TPSA) is 71.9 Å². The monoisotopic (exact) mass is 396 g/mol. The van der Waals surface area contributed by atoms with Crippen molar-refractivity contribution in [2.75, 3.05) is 19.8 Å². The van der Waals surface area contributed by atoms with E-state index in [0.717, 1.165) is 5.01 Å². The van der Waals surface area contributed by atoms with Gasteiger partial charge in [-0.05, 0) is 38.1 Å². The Balaban J connectivity index is 1.68. The van der Waals surface area contributed by atoms with Gasteiger partial charge in [-0.25, -0.2) is 4.98 Å². The van der Waals surface area contributed by atoms with Crippen LogP contribution in [-0.4, -0.2) is 52.8 Å². The Labute approximate surface area is 161 Å². The molecule has 1 saturated heterocycles. The lowest BCUT2D eigenvalue weighted by Crippen LogP contribution is -2.52. The molecular formula is C18H21ClN2O4S. The van der Waals surface area contributed by atoms with Crippen molar-refractivity contribution < 1.29 is 19.4 Å². The Morgan fingerprint density at radius 2 is 2.19 bits per heavy atom. The van der Waals surface area contributed by atoms with Gasteiger partial charge in [0.2, 0.25) is 0 Å². The zero-order chi connectivity index (χ0) is 18.7. The lowest BCUT2D eigenvalue weighted by atomic mass is 10.2. The number of carbonyl (C=O) groups excluding carboxylic acids is 1. The summed E-state index contributed by atoms with van der Waals surface area (Å²) in [6, 6.07) is 7.06. The third-order valence-electron chi connectivity index (χ3n) is 4.18. The van der Waals surface area contributed by atoms with Crippen molar-refractivity contribution in [3.63, 3.8) is 0 Å². The molecule has 1 fully saturated rings. The number of aryl methyl sites for hydroxylation is 1. The van der Waals surface area contributed by atoms with Crippen LogP contribution in [0.15, 0.2) is 24.3 Å². The number of thiazole rings is 1. The molecule has 2 atom stereocenters. The van der Waals surface area contributed by atoms with Gasteiger partial charge in [-0.2, -0.15) is 0 Å². The average molecular weight is 397 g/mol. The molecule has 1 aliphatic rings. The number of aliphatic hydroxyl groups excluding tert-OH is 1. The summed E-state index contributed by atoms with van der Waals surface area (Å²) in [6.45, 7) is 4.75. The van der Waals surface area contributed by atoms with Crippen LogP contribution in [0.4, 0.5) is 0 Å². The fourth-order valence-electron chi connectivity index (χ4n) is 2.73. The van der Waals surface area contributed by atoms with Crippen LogP contribution in [0, 0.1) is 6.92 Å². The highest BCUT2D eigenvalue weighted by molar-refractivity contribution is 7.13. The number of halogens is 1. The summed E-state index contributed by atoms with van der Waals surface area (Å²) in [5.41, 5.74) is 0.689. The molecule has 0 unspecified atom stereocenters. The van der Waals surface area contributed by atoms with Crippen molar-refractivity contribution in [3.05, 3.63) is 44.9 Å². The summed E-state index contributed by atoms with van der Waals surface area (Å²) < 4.78 is 11.2. The highest BCUT2D eigenvalue weighted by atomic mass is 35.5. The molecule has 1 aliphatic heterocycles. The maximum atomic E-state index is 12.9. The first kappa shape index (κ1) is 19.1. The first-order valence-electron chi connectivity index (χ1n) is 8.36. The van der Waals surface area contributed by atoms with Crippen LogP contribution in [0.25, 0.3) is 0 Å². The molecule has 26 heavy (non-hydrogen) atoms. The number of benzene rings is 1. The van der Waals surface area contributed by atoms with E-state index in [1.54, 1.807) is 29.2 Å². The number of hydrogen-bond acceptors (Lipinski definition) is 6. The summed E-state index contributed by atoms with van der Waals surface area (Å²) >= 11 is 7.20. The van der Waals surface area contributed by atoms with E-state index in [0.29, 0.717) is 41.1 Å². The smallest absolute Gasteiger partial charge is 0.266 e.